The highest BCUT2D eigenvalue weighted by Crippen LogP contribution is 2.33. The second-order valence-corrected chi connectivity index (χ2v) is 7.72. The summed E-state index contributed by atoms with van der Waals surface area (Å²) in [6.07, 6.45) is 9.03. The molecule has 130 valence electrons. The van der Waals surface area contributed by atoms with Crippen LogP contribution in [0.3, 0.4) is 0 Å². The van der Waals surface area contributed by atoms with Crippen LogP contribution in [0, 0.1) is 11.3 Å². The summed E-state index contributed by atoms with van der Waals surface area (Å²) in [7, 11) is 0. The van der Waals surface area contributed by atoms with Gasteiger partial charge in [-0.2, -0.15) is 5.26 Å². The summed E-state index contributed by atoms with van der Waals surface area (Å²) in [5, 5.41) is 11.7. The van der Waals surface area contributed by atoms with Gasteiger partial charge in [-0.1, -0.05) is 33.8 Å². The van der Waals surface area contributed by atoms with Crippen molar-refractivity contribution in [1.29, 1.82) is 5.26 Å². The molecule has 6 heteroatoms. The molecule has 0 bridgehead atoms. The topological polar surface area (TPSA) is 65.4 Å². The molecule has 0 aliphatic heterocycles. The SMILES string of the molecule is N#C/C(=C\c1cnccc1Sc1ccccn1)c1c[nH]c2ccc(Br)cc12. The third-order valence-corrected chi connectivity index (χ3v) is 5.55. The van der Waals surface area contributed by atoms with Gasteiger partial charge in [-0.05, 0) is 42.5 Å². The average Bonchev–Trinajstić information content (AvgIpc) is 3.11. The lowest BCUT2D eigenvalue weighted by atomic mass is 10.0. The first-order valence-electron chi connectivity index (χ1n) is 8.16. The number of fused-ring (bicyclic) bond motifs is 1. The summed E-state index contributed by atoms with van der Waals surface area (Å²) in [6.45, 7) is 0. The van der Waals surface area contributed by atoms with Gasteiger partial charge in [0.15, 0.2) is 0 Å². The van der Waals surface area contributed by atoms with E-state index in [2.05, 4.69) is 37.0 Å². The minimum Gasteiger partial charge on any atom is -0.361 e. The lowest BCUT2D eigenvalue weighted by Crippen LogP contribution is -1.86. The number of benzene rings is 1. The van der Waals surface area contributed by atoms with E-state index in [9.17, 15) is 5.26 Å². The van der Waals surface area contributed by atoms with Crippen molar-refractivity contribution in [3.63, 3.8) is 0 Å². The van der Waals surface area contributed by atoms with Gasteiger partial charge < -0.3 is 4.98 Å². The van der Waals surface area contributed by atoms with Crippen LogP contribution in [0.5, 0.6) is 0 Å². The Labute approximate surface area is 169 Å². The Morgan fingerprint density at radius 1 is 1.19 bits per heavy atom. The lowest BCUT2D eigenvalue weighted by molar-refractivity contribution is 1.13. The third kappa shape index (κ3) is 3.80. The highest BCUT2D eigenvalue weighted by molar-refractivity contribution is 9.10. The predicted octanol–water partition coefficient (Wildman–Crippen LogP) is 5.94. The zero-order chi connectivity index (χ0) is 18.6. The number of aromatic amines is 1. The molecule has 0 saturated carbocycles. The largest absolute Gasteiger partial charge is 0.361 e. The number of nitrogens with zero attached hydrogens (tertiary/aromatic N) is 3. The molecule has 0 unspecified atom stereocenters. The summed E-state index contributed by atoms with van der Waals surface area (Å²) in [4.78, 5) is 12.8. The minimum atomic E-state index is 0.579. The van der Waals surface area contributed by atoms with E-state index in [0.29, 0.717) is 5.57 Å². The number of nitrogens with one attached hydrogen (secondary N) is 1. The molecule has 0 saturated heterocycles. The summed E-state index contributed by atoms with van der Waals surface area (Å²) in [6, 6.07) is 16.0. The highest BCUT2D eigenvalue weighted by atomic mass is 79.9. The van der Waals surface area contributed by atoms with E-state index < -0.39 is 0 Å². The molecule has 4 nitrogen and oxygen atoms in total. The second kappa shape index (κ2) is 7.78. The Kier molecular flexibility index (Phi) is 5.05. The summed E-state index contributed by atoms with van der Waals surface area (Å²) in [5.74, 6) is 0. The fraction of sp³-hybridized carbons (Fsp3) is 0. The van der Waals surface area contributed by atoms with Crippen molar-refractivity contribution in [3.05, 3.63) is 82.9 Å². The number of hydrogen-bond donors (Lipinski definition) is 1. The van der Waals surface area contributed by atoms with E-state index in [-0.39, 0.29) is 0 Å². The fourth-order valence-electron chi connectivity index (χ4n) is 2.76. The lowest BCUT2D eigenvalue weighted by Gasteiger charge is -2.05. The number of allylic oxidation sites excluding steroid dienone is 1. The Balaban J connectivity index is 1.77. The molecule has 1 aromatic carbocycles. The summed E-state index contributed by atoms with van der Waals surface area (Å²) in [5.41, 5.74) is 3.32. The monoisotopic (exact) mass is 432 g/mol. The summed E-state index contributed by atoms with van der Waals surface area (Å²) >= 11 is 5.05. The maximum atomic E-state index is 9.79. The first-order chi connectivity index (χ1) is 13.2. The number of aromatic nitrogens is 3. The molecule has 0 spiro atoms. The smallest absolute Gasteiger partial charge is 0.101 e. The molecule has 27 heavy (non-hydrogen) atoms. The van der Waals surface area contributed by atoms with Crippen LogP contribution in [0.4, 0.5) is 0 Å². The van der Waals surface area contributed by atoms with E-state index in [1.54, 1.807) is 30.4 Å². The zero-order valence-corrected chi connectivity index (χ0v) is 16.5. The van der Waals surface area contributed by atoms with Crippen LogP contribution in [-0.2, 0) is 0 Å². The quantitative estimate of drug-likeness (QED) is 0.405. The Morgan fingerprint density at radius 3 is 2.93 bits per heavy atom. The Hall–Kier alpha value is -2.88. The molecular formula is C21H13BrN4S. The van der Waals surface area contributed by atoms with Crippen LogP contribution in [0.1, 0.15) is 11.1 Å². The van der Waals surface area contributed by atoms with Crippen molar-refractivity contribution in [2.75, 3.05) is 0 Å². The van der Waals surface area contributed by atoms with Gasteiger partial charge in [-0.25, -0.2) is 4.98 Å². The van der Waals surface area contributed by atoms with Crippen molar-refractivity contribution in [1.82, 2.24) is 15.0 Å². The van der Waals surface area contributed by atoms with Crippen molar-refractivity contribution in [2.45, 2.75) is 9.92 Å². The van der Waals surface area contributed by atoms with Crippen LogP contribution in [-0.4, -0.2) is 15.0 Å². The van der Waals surface area contributed by atoms with Gasteiger partial charge in [-0.3, -0.25) is 4.98 Å². The van der Waals surface area contributed by atoms with Crippen molar-refractivity contribution >= 4 is 50.2 Å². The number of nitriles is 1. The zero-order valence-electron chi connectivity index (χ0n) is 14.1. The summed E-state index contributed by atoms with van der Waals surface area (Å²) < 4.78 is 0.973. The van der Waals surface area contributed by atoms with Crippen LogP contribution < -0.4 is 0 Å². The molecule has 3 heterocycles. The molecule has 0 amide bonds. The molecule has 0 atom stereocenters. The maximum Gasteiger partial charge on any atom is 0.101 e. The van der Waals surface area contributed by atoms with E-state index in [0.717, 1.165) is 36.4 Å². The third-order valence-electron chi connectivity index (χ3n) is 4.02. The minimum absolute atomic E-state index is 0.579. The molecule has 3 aromatic heterocycles. The van der Waals surface area contributed by atoms with Gasteiger partial charge in [-0.15, -0.1) is 0 Å². The van der Waals surface area contributed by atoms with Gasteiger partial charge in [0, 0.05) is 56.2 Å². The first kappa shape index (κ1) is 17.5. The predicted molar refractivity (Wildman–Crippen MR) is 112 cm³/mol. The van der Waals surface area contributed by atoms with Crippen LogP contribution >= 0.6 is 27.7 Å². The van der Waals surface area contributed by atoms with Crippen LogP contribution in [0.25, 0.3) is 22.6 Å². The molecule has 4 rings (SSSR count). The normalized spacial score (nSPS) is 11.5. The molecule has 0 radical (unpaired) electrons. The van der Waals surface area contributed by atoms with Gasteiger partial charge in [0.2, 0.25) is 0 Å². The van der Waals surface area contributed by atoms with E-state index >= 15 is 0 Å². The molecule has 4 aromatic rings. The van der Waals surface area contributed by atoms with Gasteiger partial charge in [0.1, 0.15) is 5.03 Å². The number of halogens is 1. The van der Waals surface area contributed by atoms with Gasteiger partial charge in [0.05, 0.1) is 11.6 Å². The van der Waals surface area contributed by atoms with Crippen LogP contribution in [0.15, 0.2) is 81.6 Å². The maximum absolute atomic E-state index is 9.79. The number of rotatable bonds is 4. The highest BCUT2D eigenvalue weighted by Gasteiger charge is 2.11. The van der Waals surface area contributed by atoms with Crippen molar-refractivity contribution < 1.29 is 0 Å². The Morgan fingerprint density at radius 2 is 2.11 bits per heavy atom. The number of pyridine rings is 2. The van der Waals surface area contributed by atoms with Crippen LogP contribution in [0.2, 0.25) is 0 Å². The Bertz CT molecular complexity index is 1180. The standard InChI is InChI=1S/C21H13BrN4S/c22-16-4-5-19-17(10-16)18(13-26-19)14(11-23)9-15-12-24-8-6-20(15)27-21-3-1-2-7-25-21/h1-10,12-13,26H/b14-9+. The number of H-pyrrole nitrogens is 1. The molecule has 1 N–H and O–H groups in total. The molecular weight excluding hydrogens is 420 g/mol. The van der Waals surface area contributed by atoms with Gasteiger partial charge >= 0.3 is 0 Å². The van der Waals surface area contributed by atoms with E-state index in [4.69, 9.17) is 0 Å². The number of hydrogen-bond acceptors (Lipinski definition) is 4. The molecule has 0 aliphatic rings. The van der Waals surface area contributed by atoms with Crippen molar-refractivity contribution in [2.24, 2.45) is 0 Å². The molecule has 0 aliphatic carbocycles. The van der Waals surface area contributed by atoms with E-state index in [1.807, 2.05) is 54.7 Å². The average molecular weight is 433 g/mol. The van der Waals surface area contributed by atoms with Crippen molar-refractivity contribution in [3.8, 4) is 6.07 Å². The second-order valence-electron chi connectivity index (χ2n) is 5.75. The van der Waals surface area contributed by atoms with E-state index in [1.165, 1.54) is 0 Å². The first-order valence-corrected chi connectivity index (χ1v) is 9.77. The molecule has 0 fully saturated rings. The van der Waals surface area contributed by atoms with Gasteiger partial charge in [0.25, 0.3) is 0 Å². The fourth-order valence-corrected chi connectivity index (χ4v) is 3.96.